The second-order valence-corrected chi connectivity index (χ2v) is 9.47. The average Bonchev–Trinajstić information content (AvgIpc) is 3.58. The standard InChI is InChI=1S/C26H27N5O2/c1-16-2-3-18(26(33)28-20-5-6-20)13-23(16)17-4-8-22-19(12-17)14-27-29-25(22)30-10-11-31-21(15-30)7-9-24(31)32/h2-4,8,12-14,20-21H,5-7,9-11,15H2,1H3,(H,28,33)/t21-/m1/s1. The van der Waals surface area contributed by atoms with Crippen LogP contribution in [0.2, 0.25) is 0 Å². The lowest BCUT2D eigenvalue weighted by molar-refractivity contribution is -0.129. The molecule has 6 rings (SSSR count). The van der Waals surface area contributed by atoms with Crippen LogP contribution in [0.1, 0.15) is 41.6 Å². The van der Waals surface area contributed by atoms with E-state index in [1.165, 1.54) is 0 Å². The summed E-state index contributed by atoms with van der Waals surface area (Å²) in [6.45, 7) is 4.39. The molecule has 1 saturated carbocycles. The van der Waals surface area contributed by atoms with Crippen molar-refractivity contribution >= 4 is 28.4 Å². The summed E-state index contributed by atoms with van der Waals surface area (Å²) < 4.78 is 0. The van der Waals surface area contributed by atoms with Crippen molar-refractivity contribution in [1.29, 1.82) is 0 Å². The Morgan fingerprint density at radius 2 is 1.97 bits per heavy atom. The van der Waals surface area contributed by atoms with E-state index in [1.54, 1.807) is 6.20 Å². The third kappa shape index (κ3) is 3.71. The first-order chi connectivity index (χ1) is 16.1. The quantitative estimate of drug-likeness (QED) is 0.672. The predicted molar refractivity (Wildman–Crippen MR) is 127 cm³/mol. The van der Waals surface area contributed by atoms with E-state index in [4.69, 9.17) is 0 Å². The van der Waals surface area contributed by atoms with Crippen molar-refractivity contribution in [3.05, 3.63) is 53.7 Å². The first-order valence-corrected chi connectivity index (χ1v) is 11.8. The number of fused-ring (bicyclic) bond motifs is 2. The van der Waals surface area contributed by atoms with E-state index in [2.05, 4.69) is 45.5 Å². The lowest BCUT2D eigenvalue weighted by atomic mass is 9.96. The Morgan fingerprint density at radius 1 is 1.09 bits per heavy atom. The van der Waals surface area contributed by atoms with Crippen LogP contribution in [0.4, 0.5) is 5.82 Å². The maximum atomic E-state index is 12.6. The van der Waals surface area contributed by atoms with Crippen LogP contribution in [0.5, 0.6) is 0 Å². The molecule has 0 unspecified atom stereocenters. The molecule has 3 heterocycles. The first kappa shape index (κ1) is 20.1. The Morgan fingerprint density at radius 3 is 2.82 bits per heavy atom. The van der Waals surface area contributed by atoms with Crippen LogP contribution in [-0.2, 0) is 4.79 Å². The predicted octanol–water partition coefficient (Wildman–Crippen LogP) is 3.31. The van der Waals surface area contributed by atoms with Crippen molar-refractivity contribution in [3.8, 4) is 11.1 Å². The number of aryl methyl sites for hydroxylation is 1. The molecule has 1 aromatic heterocycles. The molecule has 3 fully saturated rings. The van der Waals surface area contributed by atoms with E-state index in [0.717, 1.165) is 72.2 Å². The van der Waals surface area contributed by atoms with Crippen molar-refractivity contribution in [2.45, 2.75) is 44.7 Å². The van der Waals surface area contributed by atoms with Gasteiger partial charge in [0.2, 0.25) is 5.91 Å². The smallest absolute Gasteiger partial charge is 0.251 e. The normalized spacial score (nSPS) is 20.3. The molecule has 7 nitrogen and oxygen atoms in total. The number of carbonyl (C=O) groups is 2. The molecule has 1 atom stereocenters. The number of hydrogen-bond acceptors (Lipinski definition) is 5. The molecule has 2 aromatic carbocycles. The van der Waals surface area contributed by atoms with Crippen molar-refractivity contribution in [2.24, 2.45) is 0 Å². The van der Waals surface area contributed by atoms with Crippen LogP contribution >= 0.6 is 0 Å². The summed E-state index contributed by atoms with van der Waals surface area (Å²) in [5.41, 5.74) is 3.93. The van der Waals surface area contributed by atoms with E-state index >= 15 is 0 Å². The van der Waals surface area contributed by atoms with E-state index in [9.17, 15) is 9.59 Å². The number of nitrogens with zero attached hydrogens (tertiary/aromatic N) is 4. The van der Waals surface area contributed by atoms with Gasteiger partial charge in [0.1, 0.15) is 0 Å². The fourth-order valence-corrected chi connectivity index (χ4v) is 5.10. The Kier molecular flexibility index (Phi) is 4.78. The van der Waals surface area contributed by atoms with Crippen LogP contribution in [0.25, 0.3) is 21.9 Å². The summed E-state index contributed by atoms with van der Waals surface area (Å²) in [6.07, 6.45) is 5.52. The second kappa shape index (κ2) is 7.83. The second-order valence-electron chi connectivity index (χ2n) is 9.47. The molecule has 0 bridgehead atoms. The van der Waals surface area contributed by atoms with Gasteiger partial charge in [0.05, 0.1) is 6.20 Å². The molecule has 3 aliphatic rings. The minimum absolute atomic E-state index is 0.00257. The highest BCUT2D eigenvalue weighted by atomic mass is 16.2. The summed E-state index contributed by atoms with van der Waals surface area (Å²) in [4.78, 5) is 28.9. The van der Waals surface area contributed by atoms with Gasteiger partial charge in [0.25, 0.3) is 5.91 Å². The Bertz CT molecular complexity index is 1270. The van der Waals surface area contributed by atoms with E-state index in [-0.39, 0.29) is 17.9 Å². The fourth-order valence-electron chi connectivity index (χ4n) is 5.10. The van der Waals surface area contributed by atoms with Crippen LogP contribution in [-0.4, -0.2) is 58.6 Å². The molecule has 33 heavy (non-hydrogen) atoms. The van der Waals surface area contributed by atoms with Gasteiger partial charge in [-0.15, -0.1) is 5.10 Å². The third-order valence-corrected chi connectivity index (χ3v) is 7.16. The lowest BCUT2D eigenvalue weighted by Gasteiger charge is -2.38. The van der Waals surface area contributed by atoms with Gasteiger partial charge < -0.3 is 15.1 Å². The zero-order valence-electron chi connectivity index (χ0n) is 18.8. The van der Waals surface area contributed by atoms with Gasteiger partial charge in [0, 0.05) is 54.5 Å². The minimum atomic E-state index is -0.00257. The maximum Gasteiger partial charge on any atom is 0.251 e. The number of nitrogens with one attached hydrogen (secondary N) is 1. The fraction of sp³-hybridized carbons (Fsp3) is 0.385. The van der Waals surface area contributed by atoms with Gasteiger partial charge in [-0.2, -0.15) is 5.10 Å². The molecular weight excluding hydrogens is 414 g/mol. The summed E-state index contributed by atoms with van der Waals surface area (Å²) in [5.74, 6) is 1.15. The number of rotatable bonds is 4. The molecule has 3 aromatic rings. The van der Waals surface area contributed by atoms with Crippen molar-refractivity contribution in [3.63, 3.8) is 0 Å². The largest absolute Gasteiger partial charge is 0.351 e. The van der Waals surface area contributed by atoms with Gasteiger partial charge >= 0.3 is 0 Å². The third-order valence-electron chi connectivity index (χ3n) is 7.16. The van der Waals surface area contributed by atoms with Crippen molar-refractivity contribution in [1.82, 2.24) is 20.4 Å². The van der Waals surface area contributed by atoms with Crippen molar-refractivity contribution in [2.75, 3.05) is 24.5 Å². The summed E-state index contributed by atoms with van der Waals surface area (Å²) in [7, 11) is 0. The molecule has 7 heteroatoms. The van der Waals surface area contributed by atoms with Gasteiger partial charge in [-0.05, 0) is 67.1 Å². The molecular formula is C26H27N5O2. The number of anilines is 1. The minimum Gasteiger partial charge on any atom is -0.351 e. The molecule has 0 spiro atoms. The molecule has 2 amide bonds. The molecule has 0 radical (unpaired) electrons. The van der Waals surface area contributed by atoms with Crippen molar-refractivity contribution < 1.29 is 9.59 Å². The molecule has 1 N–H and O–H groups in total. The SMILES string of the molecule is Cc1ccc(C(=O)NC2CC2)cc1-c1ccc2c(N3CCN4C(=O)CC[C@@H]4C3)nncc2c1. The summed E-state index contributed by atoms with van der Waals surface area (Å²) in [6, 6.07) is 12.9. The molecule has 2 saturated heterocycles. The first-order valence-electron chi connectivity index (χ1n) is 11.8. The van der Waals surface area contributed by atoms with Gasteiger partial charge in [0.15, 0.2) is 5.82 Å². The number of carbonyl (C=O) groups excluding carboxylic acids is 2. The van der Waals surface area contributed by atoms with Crippen LogP contribution < -0.4 is 10.2 Å². The number of piperazine rings is 1. The molecule has 168 valence electrons. The Labute approximate surface area is 192 Å². The summed E-state index contributed by atoms with van der Waals surface area (Å²) in [5, 5.41) is 13.9. The zero-order valence-corrected chi connectivity index (χ0v) is 18.8. The Balaban J connectivity index is 1.31. The van der Waals surface area contributed by atoms with Gasteiger partial charge in [-0.1, -0.05) is 12.1 Å². The lowest BCUT2D eigenvalue weighted by Crippen LogP contribution is -2.51. The number of benzene rings is 2. The molecule has 1 aliphatic carbocycles. The highest BCUT2D eigenvalue weighted by Crippen LogP contribution is 2.33. The highest BCUT2D eigenvalue weighted by Gasteiger charge is 2.36. The number of amides is 2. The van der Waals surface area contributed by atoms with Gasteiger partial charge in [-0.25, -0.2) is 0 Å². The van der Waals surface area contributed by atoms with Crippen LogP contribution in [0.15, 0.2) is 42.6 Å². The number of hydrogen-bond donors (Lipinski definition) is 1. The molecule has 2 aliphatic heterocycles. The maximum absolute atomic E-state index is 12.6. The Hall–Kier alpha value is -3.48. The topological polar surface area (TPSA) is 78.4 Å². The van der Waals surface area contributed by atoms with Crippen LogP contribution in [0.3, 0.4) is 0 Å². The monoisotopic (exact) mass is 441 g/mol. The van der Waals surface area contributed by atoms with E-state index in [1.807, 2.05) is 23.1 Å². The van der Waals surface area contributed by atoms with E-state index < -0.39 is 0 Å². The summed E-state index contributed by atoms with van der Waals surface area (Å²) >= 11 is 0. The zero-order chi connectivity index (χ0) is 22.5. The van der Waals surface area contributed by atoms with Crippen LogP contribution in [0, 0.1) is 6.92 Å². The number of aromatic nitrogens is 2. The van der Waals surface area contributed by atoms with E-state index in [0.29, 0.717) is 18.0 Å². The van der Waals surface area contributed by atoms with Gasteiger partial charge in [-0.3, -0.25) is 9.59 Å². The average molecular weight is 442 g/mol. The highest BCUT2D eigenvalue weighted by molar-refractivity contribution is 5.98.